The van der Waals surface area contributed by atoms with Gasteiger partial charge in [0.05, 0.1) is 10.9 Å². The number of phenols is 1. The molecule has 0 aliphatic carbocycles. The van der Waals surface area contributed by atoms with E-state index in [1.807, 2.05) is 19.9 Å². The number of rotatable bonds is 0. The van der Waals surface area contributed by atoms with Gasteiger partial charge in [-0.05, 0) is 38.1 Å². The number of hydrogen-bond donors (Lipinski definition) is 1. The smallest absolute Gasteiger partial charge is 0.204 e. The second-order valence-electron chi connectivity index (χ2n) is 6.10. The van der Waals surface area contributed by atoms with Gasteiger partial charge in [-0.1, -0.05) is 6.07 Å². The molecule has 23 heavy (non-hydrogen) atoms. The van der Waals surface area contributed by atoms with Gasteiger partial charge in [0.15, 0.2) is 17.0 Å². The molecule has 5 heteroatoms. The van der Waals surface area contributed by atoms with Gasteiger partial charge in [0.2, 0.25) is 5.43 Å². The highest BCUT2D eigenvalue weighted by Crippen LogP contribution is 2.40. The standard InChI is InChI=1S/C18H13FO4/c1-18(2)7-6-9-13(23-18)8-12(20)14-15(21)10-4-3-5-11(19)16(10)22-17(9)14/h3-8,20H,1-2H3. The number of hydrogen-bond acceptors (Lipinski definition) is 4. The Balaban J connectivity index is 2.21. The maximum atomic E-state index is 14.0. The van der Waals surface area contributed by atoms with Crippen LogP contribution in [0.3, 0.4) is 0 Å². The van der Waals surface area contributed by atoms with Crippen molar-refractivity contribution in [2.45, 2.75) is 19.4 Å². The lowest BCUT2D eigenvalue weighted by atomic mass is 9.99. The lowest BCUT2D eigenvalue weighted by Crippen LogP contribution is -2.27. The van der Waals surface area contributed by atoms with Crippen LogP contribution in [0.2, 0.25) is 0 Å². The van der Waals surface area contributed by atoms with Crippen LogP contribution < -0.4 is 10.2 Å². The van der Waals surface area contributed by atoms with Crippen molar-refractivity contribution in [2.75, 3.05) is 0 Å². The Kier molecular flexibility index (Phi) is 2.61. The maximum Gasteiger partial charge on any atom is 0.204 e. The highest BCUT2D eigenvalue weighted by atomic mass is 19.1. The first-order valence-corrected chi connectivity index (χ1v) is 7.17. The zero-order valence-corrected chi connectivity index (χ0v) is 12.5. The van der Waals surface area contributed by atoms with Gasteiger partial charge in [0, 0.05) is 6.07 Å². The van der Waals surface area contributed by atoms with Crippen LogP contribution in [-0.4, -0.2) is 10.7 Å². The van der Waals surface area contributed by atoms with Gasteiger partial charge in [-0.3, -0.25) is 4.79 Å². The molecule has 1 aliphatic heterocycles. The van der Waals surface area contributed by atoms with E-state index in [1.54, 1.807) is 6.08 Å². The van der Waals surface area contributed by atoms with E-state index in [0.29, 0.717) is 11.3 Å². The van der Waals surface area contributed by atoms with E-state index in [0.717, 1.165) is 0 Å². The number of para-hydroxylation sites is 1. The molecule has 1 N–H and O–H groups in total. The number of halogens is 1. The third kappa shape index (κ3) is 1.93. The summed E-state index contributed by atoms with van der Waals surface area (Å²) in [7, 11) is 0. The Morgan fingerprint density at radius 2 is 2.00 bits per heavy atom. The summed E-state index contributed by atoms with van der Waals surface area (Å²) in [6.45, 7) is 3.73. The van der Waals surface area contributed by atoms with Crippen molar-refractivity contribution in [2.24, 2.45) is 0 Å². The van der Waals surface area contributed by atoms with Gasteiger partial charge in [0.1, 0.15) is 22.5 Å². The molecule has 4 nitrogen and oxygen atoms in total. The van der Waals surface area contributed by atoms with Gasteiger partial charge in [-0.15, -0.1) is 0 Å². The Morgan fingerprint density at radius 1 is 1.22 bits per heavy atom. The molecular weight excluding hydrogens is 299 g/mol. The molecule has 1 aromatic heterocycles. The number of phenolic OH excluding ortho intramolecular Hbond substituents is 1. The third-order valence-corrected chi connectivity index (χ3v) is 3.93. The highest BCUT2D eigenvalue weighted by Gasteiger charge is 2.26. The summed E-state index contributed by atoms with van der Waals surface area (Å²) < 4.78 is 25.4. The monoisotopic (exact) mass is 312 g/mol. The van der Waals surface area contributed by atoms with Crippen molar-refractivity contribution in [1.82, 2.24) is 0 Å². The normalized spacial score (nSPS) is 15.6. The van der Waals surface area contributed by atoms with Crippen molar-refractivity contribution in [3.8, 4) is 11.5 Å². The minimum Gasteiger partial charge on any atom is -0.507 e. The van der Waals surface area contributed by atoms with Crippen LogP contribution >= 0.6 is 0 Å². The fraction of sp³-hybridized carbons (Fsp3) is 0.167. The van der Waals surface area contributed by atoms with E-state index in [1.165, 1.54) is 24.3 Å². The minimum absolute atomic E-state index is 0.0230. The van der Waals surface area contributed by atoms with Gasteiger partial charge in [-0.25, -0.2) is 4.39 Å². The molecule has 0 amide bonds. The fourth-order valence-corrected chi connectivity index (χ4v) is 2.83. The van der Waals surface area contributed by atoms with E-state index in [2.05, 4.69) is 0 Å². The van der Waals surface area contributed by atoms with Gasteiger partial charge in [0.25, 0.3) is 0 Å². The number of aromatic hydroxyl groups is 1. The van der Waals surface area contributed by atoms with Crippen LogP contribution in [0.5, 0.6) is 11.5 Å². The molecular formula is C18H13FO4. The van der Waals surface area contributed by atoms with Crippen molar-refractivity contribution in [1.29, 1.82) is 0 Å². The van der Waals surface area contributed by atoms with Gasteiger partial charge in [-0.2, -0.15) is 0 Å². The van der Waals surface area contributed by atoms with Gasteiger partial charge < -0.3 is 14.3 Å². The quantitative estimate of drug-likeness (QED) is 0.638. The zero-order valence-electron chi connectivity index (χ0n) is 12.5. The Labute approximate surface area is 130 Å². The lowest BCUT2D eigenvalue weighted by molar-refractivity contribution is 0.158. The molecule has 0 spiro atoms. The summed E-state index contributed by atoms with van der Waals surface area (Å²) in [4.78, 5) is 12.6. The van der Waals surface area contributed by atoms with Crippen LogP contribution in [0.4, 0.5) is 4.39 Å². The summed E-state index contributed by atoms with van der Waals surface area (Å²) in [6.07, 6.45) is 3.58. The molecule has 2 aromatic carbocycles. The Bertz CT molecular complexity index is 1060. The van der Waals surface area contributed by atoms with E-state index in [-0.39, 0.29) is 27.7 Å². The Morgan fingerprint density at radius 3 is 2.78 bits per heavy atom. The van der Waals surface area contributed by atoms with E-state index >= 15 is 0 Å². The minimum atomic E-state index is -0.625. The average molecular weight is 312 g/mol. The van der Waals surface area contributed by atoms with E-state index in [4.69, 9.17) is 9.15 Å². The largest absolute Gasteiger partial charge is 0.507 e. The summed E-state index contributed by atoms with van der Waals surface area (Å²) in [5.41, 5.74) is -0.515. The van der Waals surface area contributed by atoms with Crippen LogP contribution in [0.15, 0.2) is 39.6 Å². The van der Waals surface area contributed by atoms with Crippen LogP contribution in [0, 0.1) is 5.82 Å². The second kappa shape index (κ2) is 4.35. The van der Waals surface area contributed by atoms with Crippen LogP contribution in [0.1, 0.15) is 19.4 Å². The lowest BCUT2D eigenvalue weighted by Gasteiger charge is -2.28. The number of fused-ring (bicyclic) bond motifs is 4. The number of ether oxygens (including phenoxy) is 1. The topological polar surface area (TPSA) is 59.7 Å². The number of benzene rings is 2. The second-order valence-corrected chi connectivity index (χ2v) is 6.10. The van der Waals surface area contributed by atoms with Crippen molar-refractivity contribution < 1.29 is 18.7 Å². The molecule has 1 aliphatic rings. The zero-order chi connectivity index (χ0) is 16.4. The highest BCUT2D eigenvalue weighted by molar-refractivity contribution is 5.99. The molecule has 0 unspecified atom stereocenters. The summed E-state index contributed by atoms with van der Waals surface area (Å²) in [6, 6.07) is 5.52. The first-order chi connectivity index (χ1) is 10.9. The molecule has 116 valence electrons. The predicted molar refractivity (Wildman–Crippen MR) is 85.4 cm³/mol. The van der Waals surface area contributed by atoms with Gasteiger partial charge >= 0.3 is 0 Å². The SMILES string of the molecule is CC1(C)C=Cc2c(cc(O)c3c(=O)c4cccc(F)c4oc23)O1. The molecule has 3 aromatic rings. The molecule has 2 heterocycles. The van der Waals surface area contributed by atoms with Crippen molar-refractivity contribution in [3.05, 3.63) is 51.9 Å². The molecule has 0 saturated carbocycles. The first-order valence-electron chi connectivity index (χ1n) is 7.17. The van der Waals surface area contributed by atoms with Crippen molar-refractivity contribution in [3.63, 3.8) is 0 Å². The molecule has 0 radical (unpaired) electrons. The van der Waals surface area contributed by atoms with Crippen molar-refractivity contribution >= 4 is 28.0 Å². The fourth-order valence-electron chi connectivity index (χ4n) is 2.83. The molecule has 0 saturated heterocycles. The first kappa shape index (κ1) is 13.8. The average Bonchev–Trinajstić information content (AvgIpc) is 2.47. The summed E-state index contributed by atoms with van der Waals surface area (Å²) in [5.74, 6) is -0.481. The van der Waals surface area contributed by atoms with Crippen LogP contribution in [-0.2, 0) is 0 Å². The molecule has 0 fully saturated rings. The molecule has 0 bridgehead atoms. The van der Waals surface area contributed by atoms with E-state index < -0.39 is 16.8 Å². The van der Waals surface area contributed by atoms with E-state index in [9.17, 15) is 14.3 Å². The molecule has 4 rings (SSSR count). The maximum absolute atomic E-state index is 14.0. The summed E-state index contributed by atoms with van der Waals surface area (Å²) in [5, 5.41) is 10.4. The predicted octanol–water partition coefficient (Wildman–Crippen LogP) is 3.98. The summed E-state index contributed by atoms with van der Waals surface area (Å²) >= 11 is 0. The van der Waals surface area contributed by atoms with Crippen LogP contribution in [0.25, 0.3) is 28.0 Å². The third-order valence-electron chi connectivity index (χ3n) is 3.93. The molecule has 0 atom stereocenters. The Hall–Kier alpha value is -2.82.